The molecule has 7 heteroatoms. The molecule has 0 atom stereocenters. The largest absolute Gasteiger partial charge is 0.467 e. The van der Waals surface area contributed by atoms with Crippen LogP contribution in [-0.4, -0.2) is 54.2 Å². The van der Waals surface area contributed by atoms with Gasteiger partial charge in [-0.2, -0.15) is 0 Å². The second kappa shape index (κ2) is 5.82. The van der Waals surface area contributed by atoms with E-state index in [-0.39, 0.29) is 11.8 Å². The van der Waals surface area contributed by atoms with Crippen molar-refractivity contribution >= 4 is 18.2 Å². The van der Waals surface area contributed by atoms with Crippen LogP contribution in [0.1, 0.15) is 18.6 Å². The number of rotatable bonds is 5. The van der Waals surface area contributed by atoms with Crippen molar-refractivity contribution in [3.63, 3.8) is 0 Å². The average molecular weight is 305 g/mol. The third-order valence-electron chi connectivity index (χ3n) is 4.35. The van der Waals surface area contributed by atoms with Gasteiger partial charge >= 0.3 is 0 Å². The molecule has 1 N–H and O–H groups in total. The van der Waals surface area contributed by atoms with Gasteiger partial charge in [-0.25, -0.2) is 0 Å². The maximum atomic E-state index is 12.6. The van der Waals surface area contributed by atoms with Crippen LogP contribution in [0.3, 0.4) is 0 Å². The molecule has 2 heterocycles. The lowest BCUT2D eigenvalue weighted by Crippen LogP contribution is -2.52. The van der Waals surface area contributed by atoms with Crippen molar-refractivity contribution in [1.29, 1.82) is 0 Å². The zero-order valence-electron chi connectivity index (χ0n) is 12.3. The van der Waals surface area contributed by atoms with Crippen molar-refractivity contribution in [2.75, 3.05) is 26.2 Å². The molecule has 0 aromatic carbocycles. The van der Waals surface area contributed by atoms with Crippen LogP contribution in [0.15, 0.2) is 22.8 Å². The van der Waals surface area contributed by atoms with E-state index in [1.54, 1.807) is 28.2 Å². The predicted octanol–water partition coefficient (Wildman–Crippen LogP) is -0.0234. The monoisotopic (exact) mass is 305 g/mol. The number of furan rings is 1. The highest BCUT2D eigenvalue weighted by atomic mass is 16.3. The zero-order chi connectivity index (χ0) is 15.6. The van der Waals surface area contributed by atoms with Crippen LogP contribution in [0, 0.1) is 5.41 Å². The summed E-state index contributed by atoms with van der Waals surface area (Å²) in [5.41, 5.74) is -0.907. The van der Waals surface area contributed by atoms with Crippen LogP contribution in [0.4, 0.5) is 0 Å². The Morgan fingerprint density at radius 3 is 2.55 bits per heavy atom. The first-order chi connectivity index (χ1) is 10.7. The summed E-state index contributed by atoms with van der Waals surface area (Å²) in [4.78, 5) is 39.0. The molecule has 1 aliphatic heterocycles. The maximum Gasteiger partial charge on any atom is 0.238 e. The quantitative estimate of drug-likeness (QED) is 0.612. The number of nitrogens with zero attached hydrogens (tertiary/aromatic N) is 2. The van der Waals surface area contributed by atoms with Gasteiger partial charge in [0.05, 0.1) is 12.8 Å². The van der Waals surface area contributed by atoms with Crippen molar-refractivity contribution in [2.45, 2.75) is 19.4 Å². The Bertz CT molecular complexity index is 557. The van der Waals surface area contributed by atoms with Crippen LogP contribution in [0.2, 0.25) is 0 Å². The summed E-state index contributed by atoms with van der Waals surface area (Å²) in [6.07, 6.45) is 3.52. The molecule has 0 unspecified atom stereocenters. The van der Waals surface area contributed by atoms with E-state index in [0.717, 1.165) is 6.41 Å². The Morgan fingerprint density at radius 2 is 2.00 bits per heavy atom. The fourth-order valence-corrected chi connectivity index (χ4v) is 2.75. The van der Waals surface area contributed by atoms with E-state index in [1.165, 1.54) is 0 Å². The SMILES string of the molecule is O=CN1CCN(C(=O)C2(C(=O)NCc3ccco3)CC2)CC1. The number of carbonyl (C=O) groups excluding carboxylic acids is 3. The normalized spacial score (nSPS) is 19.6. The molecule has 1 aromatic rings. The van der Waals surface area contributed by atoms with Crippen LogP contribution >= 0.6 is 0 Å². The Labute approximate surface area is 128 Å². The van der Waals surface area contributed by atoms with Gasteiger partial charge in [-0.3, -0.25) is 14.4 Å². The van der Waals surface area contributed by atoms with Crippen LogP contribution in [0.25, 0.3) is 0 Å². The molecule has 118 valence electrons. The molecule has 2 fully saturated rings. The lowest BCUT2D eigenvalue weighted by atomic mass is 10.0. The molecule has 7 nitrogen and oxygen atoms in total. The van der Waals surface area contributed by atoms with Gasteiger partial charge in [-0.15, -0.1) is 0 Å². The molecule has 1 aliphatic carbocycles. The van der Waals surface area contributed by atoms with Gasteiger partial charge in [-0.05, 0) is 25.0 Å². The summed E-state index contributed by atoms with van der Waals surface area (Å²) < 4.78 is 5.17. The third kappa shape index (κ3) is 2.70. The number of hydrogen-bond donors (Lipinski definition) is 1. The molecule has 0 bridgehead atoms. The van der Waals surface area contributed by atoms with Gasteiger partial charge in [0.25, 0.3) is 0 Å². The Morgan fingerprint density at radius 1 is 1.27 bits per heavy atom. The minimum absolute atomic E-state index is 0.116. The molecule has 1 aromatic heterocycles. The molecule has 3 amide bonds. The summed E-state index contributed by atoms with van der Waals surface area (Å²) in [7, 11) is 0. The molecule has 1 saturated heterocycles. The molecule has 1 saturated carbocycles. The molecule has 22 heavy (non-hydrogen) atoms. The van der Waals surface area contributed by atoms with E-state index in [4.69, 9.17) is 4.42 Å². The minimum atomic E-state index is -0.907. The second-order valence-corrected chi connectivity index (χ2v) is 5.78. The Hall–Kier alpha value is -2.31. The van der Waals surface area contributed by atoms with Gasteiger partial charge in [0.1, 0.15) is 11.2 Å². The number of piperazine rings is 1. The van der Waals surface area contributed by atoms with Crippen LogP contribution < -0.4 is 5.32 Å². The lowest BCUT2D eigenvalue weighted by molar-refractivity contribution is -0.146. The van der Waals surface area contributed by atoms with Crippen molar-refractivity contribution in [1.82, 2.24) is 15.1 Å². The second-order valence-electron chi connectivity index (χ2n) is 5.78. The van der Waals surface area contributed by atoms with Crippen molar-refractivity contribution in [3.05, 3.63) is 24.2 Å². The van der Waals surface area contributed by atoms with Crippen LogP contribution in [0.5, 0.6) is 0 Å². The molecular weight excluding hydrogens is 286 g/mol. The fourth-order valence-electron chi connectivity index (χ4n) is 2.75. The van der Waals surface area contributed by atoms with Gasteiger partial charge in [0.2, 0.25) is 18.2 Å². The fraction of sp³-hybridized carbons (Fsp3) is 0.533. The zero-order valence-corrected chi connectivity index (χ0v) is 12.3. The third-order valence-corrected chi connectivity index (χ3v) is 4.35. The smallest absolute Gasteiger partial charge is 0.238 e. The number of carbonyl (C=O) groups is 3. The van der Waals surface area contributed by atoms with E-state index in [9.17, 15) is 14.4 Å². The standard InChI is InChI=1S/C15H19N3O4/c19-11-17-5-7-18(8-6-17)14(21)15(3-4-15)13(20)16-10-12-2-1-9-22-12/h1-2,9,11H,3-8,10H2,(H,16,20). The van der Waals surface area contributed by atoms with E-state index in [0.29, 0.717) is 51.3 Å². The number of amides is 3. The summed E-state index contributed by atoms with van der Waals surface area (Å²) in [6, 6.07) is 3.53. The highest BCUT2D eigenvalue weighted by Gasteiger charge is 2.58. The van der Waals surface area contributed by atoms with E-state index in [2.05, 4.69) is 5.32 Å². The van der Waals surface area contributed by atoms with E-state index >= 15 is 0 Å². The maximum absolute atomic E-state index is 12.6. The first kappa shape index (κ1) is 14.6. The van der Waals surface area contributed by atoms with Gasteiger partial charge in [0.15, 0.2) is 0 Å². The summed E-state index contributed by atoms with van der Waals surface area (Å²) in [5, 5.41) is 2.78. The summed E-state index contributed by atoms with van der Waals surface area (Å²) >= 11 is 0. The first-order valence-electron chi connectivity index (χ1n) is 7.45. The van der Waals surface area contributed by atoms with Crippen molar-refractivity contribution < 1.29 is 18.8 Å². The topological polar surface area (TPSA) is 82.9 Å². The van der Waals surface area contributed by atoms with Crippen molar-refractivity contribution in [3.8, 4) is 0 Å². The average Bonchev–Trinajstić information content (AvgIpc) is 3.21. The van der Waals surface area contributed by atoms with Crippen molar-refractivity contribution in [2.24, 2.45) is 5.41 Å². The van der Waals surface area contributed by atoms with E-state index < -0.39 is 5.41 Å². The highest BCUT2D eigenvalue weighted by molar-refractivity contribution is 6.07. The minimum Gasteiger partial charge on any atom is -0.467 e. The summed E-state index contributed by atoms with van der Waals surface area (Å²) in [5.74, 6) is 0.318. The molecule has 0 spiro atoms. The number of nitrogens with one attached hydrogen (secondary N) is 1. The van der Waals surface area contributed by atoms with Gasteiger partial charge < -0.3 is 19.5 Å². The Balaban J connectivity index is 1.57. The lowest BCUT2D eigenvalue weighted by Gasteiger charge is -2.34. The molecule has 3 rings (SSSR count). The Kier molecular flexibility index (Phi) is 3.87. The molecule has 0 radical (unpaired) electrons. The molecular formula is C15H19N3O4. The highest BCUT2D eigenvalue weighted by Crippen LogP contribution is 2.47. The predicted molar refractivity (Wildman–Crippen MR) is 76.4 cm³/mol. The van der Waals surface area contributed by atoms with Gasteiger partial charge in [-0.1, -0.05) is 0 Å². The van der Waals surface area contributed by atoms with E-state index in [1.807, 2.05) is 0 Å². The number of hydrogen-bond acceptors (Lipinski definition) is 4. The molecule has 2 aliphatic rings. The first-order valence-corrected chi connectivity index (χ1v) is 7.45. The van der Waals surface area contributed by atoms with Crippen LogP contribution in [-0.2, 0) is 20.9 Å². The summed E-state index contributed by atoms with van der Waals surface area (Å²) in [6.45, 7) is 2.33. The van der Waals surface area contributed by atoms with Gasteiger partial charge in [0, 0.05) is 26.2 Å².